The topological polar surface area (TPSA) is 84.4 Å². The molecule has 3 aromatic rings. The summed E-state index contributed by atoms with van der Waals surface area (Å²) in [5, 5.41) is 12.3. The number of benzene rings is 2. The Bertz CT molecular complexity index is 1040. The van der Waals surface area contributed by atoms with Crippen LogP contribution >= 0.6 is 11.3 Å². The third-order valence-corrected chi connectivity index (χ3v) is 6.15. The van der Waals surface area contributed by atoms with E-state index in [0.717, 1.165) is 17.8 Å². The molecule has 1 atom stereocenters. The molecule has 30 heavy (non-hydrogen) atoms. The quantitative estimate of drug-likeness (QED) is 0.676. The second-order valence-electron chi connectivity index (χ2n) is 7.06. The Hall–Kier alpha value is -3.26. The fourth-order valence-electron chi connectivity index (χ4n) is 3.55. The number of ether oxygens (including phenoxy) is 1. The maximum atomic E-state index is 13.0. The third-order valence-electron chi connectivity index (χ3n) is 5.06. The smallest absolute Gasteiger partial charge is 0.286 e. The maximum Gasteiger partial charge on any atom is 0.286 e. The molecule has 1 aliphatic rings. The molecule has 0 spiro atoms. The molecule has 0 radical (unpaired) electrons. The van der Waals surface area contributed by atoms with E-state index in [-0.39, 0.29) is 17.7 Å². The standard InChI is InChI=1S/C22H22N4O3S/c1-29-18-12-6-5-11-17(18)22(28)26-13-7-8-15(14-26)20-24-25-21(30-20)19(27)23-16-9-3-2-4-10-16/h2-6,9-12,15H,7-8,13-14H2,1H3,(H,23,27)/t15-/m1/s1. The first-order chi connectivity index (χ1) is 14.7. The molecule has 1 saturated heterocycles. The number of likely N-dealkylation sites (tertiary alicyclic amines) is 1. The number of hydrogen-bond acceptors (Lipinski definition) is 6. The first kappa shape index (κ1) is 20.0. The van der Waals surface area contributed by atoms with Crippen molar-refractivity contribution >= 4 is 28.8 Å². The van der Waals surface area contributed by atoms with Crippen LogP contribution < -0.4 is 10.1 Å². The normalized spacial score (nSPS) is 16.2. The monoisotopic (exact) mass is 422 g/mol. The van der Waals surface area contributed by atoms with Crippen molar-refractivity contribution in [1.29, 1.82) is 0 Å². The molecule has 0 bridgehead atoms. The number of piperidine rings is 1. The summed E-state index contributed by atoms with van der Waals surface area (Å²) in [5.41, 5.74) is 1.27. The zero-order chi connectivity index (χ0) is 20.9. The van der Waals surface area contributed by atoms with Crippen molar-refractivity contribution in [3.63, 3.8) is 0 Å². The van der Waals surface area contributed by atoms with Crippen molar-refractivity contribution in [2.75, 3.05) is 25.5 Å². The van der Waals surface area contributed by atoms with E-state index in [0.29, 0.717) is 35.1 Å². The predicted molar refractivity (Wildman–Crippen MR) is 115 cm³/mol. The minimum absolute atomic E-state index is 0.0521. The lowest BCUT2D eigenvalue weighted by Gasteiger charge is -2.32. The van der Waals surface area contributed by atoms with Gasteiger partial charge in [-0.2, -0.15) is 0 Å². The first-order valence-electron chi connectivity index (χ1n) is 9.78. The van der Waals surface area contributed by atoms with Gasteiger partial charge < -0.3 is 15.0 Å². The van der Waals surface area contributed by atoms with Crippen LogP contribution in [0.15, 0.2) is 54.6 Å². The van der Waals surface area contributed by atoms with Gasteiger partial charge in [0.05, 0.1) is 12.7 Å². The number of aromatic nitrogens is 2. The van der Waals surface area contributed by atoms with E-state index >= 15 is 0 Å². The fraction of sp³-hybridized carbons (Fsp3) is 0.273. The molecule has 1 aliphatic heterocycles. The number of hydrogen-bond donors (Lipinski definition) is 1. The number of anilines is 1. The van der Waals surface area contributed by atoms with Gasteiger partial charge in [0.2, 0.25) is 5.01 Å². The Kier molecular flexibility index (Phi) is 6.04. The van der Waals surface area contributed by atoms with Crippen molar-refractivity contribution in [2.45, 2.75) is 18.8 Å². The highest BCUT2D eigenvalue weighted by Gasteiger charge is 2.29. The van der Waals surface area contributed by atoms with E-state index in [1.807, 2.05) is 47.4 Å². The molecule has 154 valence electrons. The van der Waals surface area contributed by atoms with Gasteiger partial charge in [-0.1, -0.05) is 41.7 Å². The van der Waals surface area contributed by atoms with Crippen molar-refractivity contribution in [3.05, 3.63) is 70.2 Å². The number of carbonyl (C=O) groups is 2. The summed E-state index contributed by atoms with van der Waals surface area (Å²) in [4.78, 5) is 27.3. The Morgan fingerprint density at radius 1 is 1.10 bits per heavy atom. The van der Waals surface area contributed by atoms with Crippen LogP contribution in [0.3, 0.4) is 0 Å². The average molecular weight is 423 g/mol. The molecule has 4 rings (SSSR count). The molecular weight excluding hydrogens is 400 g/mol. The van der Waals surface area contributed by atoms with E-state index in [9.17, 15) is 9.59 Å². The van der Waals surface area contributed by atoms with Gasteiger partial charge in [0.1, 0.15) is 10.8 Å². The van der Waals surface area contributed by atoms with E-state index in [1.165, 1.54) is 11.3 Å². The predicted octanol–water partition coefficient (Wildman–Crippen LogP) is 3.82. The van der Waals surface area contributed by atoms with Gasteiger partial charge in [-0.05, 0) is 37.1 Å². The molecule has 2 heterocycles. The second-order valence-corrected chi connectivity index (χ2v) is 8.07. The summed E-state index contributed by atoms with van der Waals surface area (Å²) in [7, 11) is 1.56. The highest BCUT2D eigenvalue weighted by Crippen LogP contribution is 2.31. The van der Waals surface area contributed by atoms with Gasteiger partial charge in [-0.3, -0.25) is 9.59 Å². The van der Waals surface area contributed by atoms with Crippen molar-refractivity contribution in [2.24, 2.45) is 0 Å². The van der Waals surface area contributed by atoms with Crippen LogP contribution in [0.4, 0.5) is 5.69 Å². The van der Waals surface area contributed by atoms with E-state index in [4.69, 9.17) is 4.74 Å². The van der Waals surface area contributed by atoms with E-state index in [2.05, 4.69) is 15.5 Å². The Labute approximate surface area is 178 Å². The molecule has 1 N–H and O–H groups in total. The van der Waals surface area contributed by atoms with Gasteiger partial charge in [0, 0.05) is 24.7 Å². The zero-order valence-electron chi connectivity index (χ0n) is 16.6. The number of nitrogens with one attached hydrogen (secondary N) is 1. The van der Waals surface area contributed by atoms with Crippen LogP contribution in [0.2, 0.25) is 0 Å². The van der Waals surface area contributed by atoms with Crippen molar-refractivity contribution in [1.82, 2.24) is 15.1 Å². The summed E-state index contributed by atoms with van der Waals surface area (Å²) in [6.07, 6.45) is 1.78. The highest BCUT2D eigenvalue weighted by atomic mass is 32.1. The van der Waals surface area contributed by atoms with E-state index in [1.54, 1.807) is 19.2 Å². The van der Waals surface area contributed by atoms with Gasteiger partial charge in [0.25, 0.3) is 11.8 Å². The lowest BCUT2D eigenvalue weighted by molar-refractivity contribution is 0.0703. The van der Waals surface area contributed by atoms with Crippen molar-refractivity contribution in [3.8, 4) is 5.75 Å². The van der Waals surface area contributed by atoms with E-state index < -0.39 is 0 Å². The van der Waals surface area contributed by atoms with Crippen molar-refractivity contribution < 1.29 is 14.3 Å². The molecule has 8 heteroatoms. The molecular formula is C22H22N4O3S. The fourth-order valence-corrected chi connectivity index (χ4v) is 4.42. The number of rotatable bonds is 5. The minimum Gasteiger partial charge on any atom is -0.496 e. The average Bonchev–Trinajstić information content (AvgIpc) is 3.30. The van der Waals surface area contributed by atoms with Gasteiger partial charge in [0.15, 0.2) is 0 Å². The molecule has 7 nitrogen and oxygen atoms in total. The van der Waals surface area contributed by atoms with Crippen LogP contribution in [0.25, 0.3) is 0 Å². The zero-order valence-corrected chi connectivity index (χ0v) is 17.4. The molecule has 1 aromatic heterocycles. The number of nitrogens with zero attached hydrogens (tertiary/aromatic N) is 3. The van der Waals surface area contributed by atoms with Crippen LogP contribution in [0.1, 0.15) is 43.9 Å². The van der Waals surface area contributed by atoms with Crippen LogP contribution in [-0.4, -0.2) is 47.1 Å². The molecule has 2 amide bonds. The van der Waals surface area contributed by atoms with Gasteiger partial charge in [-0.15, -0.1) is 10.2 Å². The maximum absolute atomic E-state index is 13.0. The number of methoxy groups -OCH3 is 1. The number of para-hydroxylation sites is 2. The molecule has 0 aliphatic carbocycles. The highest BCUT2D eigenvalue weighted by molar-refractivity contribution is 7.13. The van der Waals surface area contributed by atoms with Gasteiger partial charge in [-0.25, -0.2) is 0 Å². The summed E-state index contributed by atoms with van der Waals surface area (Å²) >= 11 is 1.29. The van der Waals surface area contributed by atoms with Gasteiger partial charge >= 0.3 is 0 Å². The molecule has 0 saturated carbocycles. The Balaban J connectivity index is 1.45. The summed E-state index contributed by atoms with van der Waals surface area (Å²) in [6, 6.07) is 16.5. The molecule has 0 unspecified atom stereocenters. The molecule has 2 aromatic carbocycles. The molecule has 1 fully saturated rings. The summed E-state index contributed by atoms with van der Waals surface area (Å²) in [6.45, 7) is 1.24. The largest absolute Gasteiger partial charge is 0.496 e. The lowest BCUT2D eigenvalue weighted by Crippen LogP contribution is -2.39. The Morgan fingerprint density at radius 2 is 1.87 bits per heavy atom. The van der Waals surface area contributed by atoms with Crippen LogP contribution in [0.5, 0.6) is 5.75 Å². The number of amides is 2. The Morgan fingerprint density at radius 3 is 2.67 bits per heavy atom. The summed E-state index contributed by atoms with van der Waals surface area (Å²) in [5.74, 6) is 0.306. The van der Waals surface area contributed by atoms with Crippen LogP contribution in [0, 0.1) is 0 Å². The second kappa shape index (κ2) is 9.04. The SMILES string of the molecule is COc1ccccc1C(=O)N1CCC[C@@H](c2nnc(C(=O)Nc3ccccc3)s2)C1. The minimum atomic E-state index is -0.275. The summed E-state index contributed by atoms with van der Waals surface area (Å²) < 4.78 is 5.34. The third kappa shape index (κ3) is 4.33. The number of carbonyl (C=O) groups excluding carboxylic acids is 2. The van der Waals surface area contributed by atoms with Crippen LogP contribution in [-0.2, 0) is 0 Å². The lowest BCUT2D eigenvalue weighted by atomic mass is 9.98. The first-order valence-corrected chi connectivity index (χ1v) is 10.6.